The lowest BCUT2D eigenvalue weighted by Crippen LogP contribution is -2.23. The number of hydrogen-bond acceptors (Lipinski definition) is 4. The molecule has 0 bridgehead atoms. The second kappa shape index (κ2) is 8.14. The Kier molecular flexibility index (Phi) is 5.66. The van der Waals surface area contributed by atoms with Crippen LogP contribution in [0, 0.1) is 0 Å². The van der Waals surface area contributed by atoms with Crippen LogP contribution < -0.4 is 20.3 Å². The fraction of sp³-hybridized carbons (Fsp3) is 0.200. The standard InChI is InChI=1S/C20H19ClN2O4/c1-3-23-16-7-5-4-6-14(16)18(11-20(23)25)27-12-19(24)22-15-10-13(21)8-9-17(15)26-2/h4-11H,3,12H2,1-2H3,(H,22,24). The molecule has 0 radical (unpaired) electrons. The first-order valence-electron chi connectivity index (χ1n) is 8.42. The van der Waals surface area contributed by atoms with Gasteiger partial charge in [-0.05, 0) is 37.3 Å². The number of anilines is 1. The zero-order valence-electron chi connectivity index (χ0n) is 15.0. The van der Waals surface area contributed by atoms with Gasteiger partial charge in [0.25, 0.3) is 11.5 Å². The smallest absolute Gasteiger partial charge is 0.262 e. The summed E-state index contributed by atoms with van der Waals surface area (Å²) < 4.78 is 12.5. The maximum absolute atomic E-state index is 12.3. The quantitative estimate of drug-likeness (QED) is 0.701. The van der Waals surface area contributed by atoms with Gasteiger partial charge in [-0.3, -0.25) is 9.59 Å². The van der Waals surface area contributed by atoms with E-state index in [0.29, 0.717) is 28.8 Å². The number of pyridine rings is 1. The number of nitrogens with zero attached hydrogens (tertiary/aromatic N) is 1. The summed E-state index contributed by atoms with van der Waals surface area (Å²) >= 11 is 5.97. The summed E-state index contributed by atoms with van der Waals surface area (Å²) in [4.78, 5) is 24.6. The van der Waals surface area contributed by atoms with Crippen LogP contribution in [0.15, 0.2) is 53.3 Å². The van der Waals surface area contributed by atoms with Crippen LogP contribution in [0.25, 0.3) is 10.9 Å². The Hall–Kier alpha value is -2.99. The van der Waals surface area contributed by atoms with Crippen molar-refractivity contribution in [3.8, 4) is 11.5 Å². The summed E-state index contributed by atoms with van der Waals surface area (Å²) in [5.41, 5.74) is 1.03. The molecule has 1 N–H and O–H groups in total. The van der Waals surface area contributed by atoms with Gasteiger partial charge >= 0.3 is 0 Å². The number of carbonyl (C=O) groups is 1. The number of aryl methyl sites for hydroxylation is 1. The number of ether oxygens (including phenoxy) is 2. The fourth-order valence-electron chi connectivity index (χ4n) is 2.86. The predicted molar refractivity (Wildman–Crippen MR) is 106 cm³/mol. The number of carbonyl (C=O) groups excluding carboxylic acids is 1. The number of amides is 1. The average molecular weight is 387 g/mol. The highest BCUT2D eigenvalue weighted by Gasteiger charge is 2.12. The summed E-state index contributed by atoms with van der Waals surface area (Å²) in [6.45, 7) is 2.20. The molecule has 6 nitrogen and oxygen atoms in total. The SMILES string of the molecule is CCn1c(=O)cc(OCC(=O)Nc2cc(Cl)ccc2OC)c2ccccc21. The largest absolute Gasteiger partial charge is 0.495 e. The molecule has 1 amide bonds. The molecule has 3 aromatic rings. The van der Waals surface area contributed by atoms with Crippen molar-refractivity contribution in [2.75, 3.05) is 19.0 Å². The van der Waals surface area contributed by atoms with Crippen LogP contribution >= 0.6 is 11.6 Å². The maximum atomic E-state index is 12.3. The van der Waals surface area contributed by atoms with Gasteiger partial charge < -0.3 is 19.4 Å². The summed E-state index contributed by atoms with van der Waals surface area (Å²) in [7, 11) is 1.50. The van der Waals surface area contributed by atoms with Crippen LogP contribution in [-0.4, -0.2) is 24.2 Å². The molecule has 2 aromatic carbocycles. The van der Waals surface area contributed by atoms with E-state index in [0.717, 1.165) is 10.9 Å². The van der Waals surface area contributed by atoms with Gasteiger partial charge in [0.05, 0.1) is 18.3 Å². The molecule has 140 valence electrons. The van der Waals surface area contributed by atoms with Gasteiger partial charge in [-0.1, -0.05) is 23.7 Å². The molecule has 7 heteroatoms. The molecule has 0 aliphatic rings. The van der Waals surface area contributed by atoms with Gasteiger partial charge in [0.1, 0.15) is 11.5 Å². The molecular formula is C20H19ClN2O4. The minimum Gasteiger partial charge on any atom is -0.495 e. The van der Waals surface area contributed by atoms with E-state index in [2.05, 4.69) is 5.32 Å². The summed E-state index contributed by atoms with van der Waals surface area (Å²) in [6, 6.07) is 13.7. The van der Waals surface area contributed by atoms with Crippen molar-refractivity contribution in [3.63, 3.8) is 0 Å². The Morgan fingerprint density at radius 2 is 1.93 bits per heavy atom. The number of methoxy groups -OCH3 is 1. The highest BCUT2D eigenvalue weighted by molar-refractivity contribution is 6.31. The number of halogens is 1. The number of benzene rings is 2. The topological polar surface area (TPSA) is 69.6 Å². The number of rotatable bonds is 6. The van der Waals surface area contributed by atoms with Crippen molar-refractivity contribution in [1.82, 2.24) is 4.57 Å². The lowest BCUT2D eigenvalue weighted by molar-refractivity contribution is -0.118. The van der Waals surface area contributed by atoms with Gasteiger partial charge in [-0.15, -0.1) is 0 Å². The van der Waals surface area contributed by atoms with Crippen LogP contribution in [0.4, 0.5) is 5.69 Å². The maximum Gasteiger partial charge on any atom is 0.262 e. The molecule has 0 saturated carbocycles. The lowest BCUT2D eigenvalue weighted by atomic mass is 10.2. The number of aromatic nitrogens is 1. The summed E-state index contributed by atoms with van der Waals surface area (Å²) in [5.74, 6) is 0.469. The highest BCUT2D eigenvalue weighted by atomic mass is 35.5. The number of nitrogens with one attached hydrogen (secondary N) is 1. The highest BCUT2D eigenvalue weighted by Crippen LogP contribution is 2.28. The van der Waals surface area contributed by atoms with E-state index in [1.165, 1.54) is 13.2 Å². The van der Waals surface area contributed by atoms with Gasteiger partial charge in [-0.25, -0.2) is 0 Å². The Bertz CT molecular complexity index is 1050. The predicted octanol–water partition coefficient (Wildman–Crippen LogP) is 3.70. The van der Waals surface area contributed by atoms with Crippen molar-refractivity contribution >= 4 is 34.1 Å². The van der Waals surface area contributed by atoms with Crippen LogP contribution in [-0.2, 0) is 11.3 Å². The van der Waals surface area contributed by atoms with Gasteiger partial charge in [0, 0.05) is 23.0 Å². The number of hydrogen-bond donors (Lipinski definition) is 1. The van der Waals surface area contributed by atoms with E-state index >= 15 is 0 Å². The first-order valence-corrected chi connectivity index (χ1v) is 8.80. The minimum absolute atomic E-state index is 0.178. The van der Waals surface area contributed by atoms with Crippen LogP contribution in [0.2, 0.25) is 5.02 Å². The van der Waals surface area contributed by atoms with Gasteiger partial charge in [-0.2, -0.15) is 0 Å². The number of para-hydroxylation sites is 1. The third-order valence-electron chi connectivity index (χ3n) is 4.09. The second-order valence-electron chi connectivity index (χ2n) is 5.79. The second-order valence-corrected chi connectivity index (χ2v) is 6.23. The van der Waals surface area contributed by atoms with Crippen molar-refractivity contribution < 1.29 is 14.3 Å². The van der Waals surface area contributed by atoms with E-state index in [1.54, 1.807) is 22.8 Å². The van der Waals surface area contributed by atoms with Crippen LogP contribution in [0.3, 0.4) is 0 Å². The Morgan fingerprint density at radius 1 is 1.15 bits per heavy atom. The normalized spacial score (nSPS) is 10.6. The monoisotopic (exact) mass is 386 g/mol. The van der Waals surface area contributed by atoms with E-state index in [9.17, 15) is 9.59 Å². The van der Waals surface area contributed by atoms with E-state index < -0.39 is 0 Å². The van der Waals surface area contributed by atoms with E-state index in [1.807, 2.05) is 31.2 Å². The first kappa shape index (κ1) is 18.8. The molecule has 3 rings (SSSR count). The van der Waals surface area contributed by atoms with Crippen molar-refractivity contribution in [2.24, 2.45) is 0 Å². The number of fused-ring (bicyclic) bond motifs is 1. The zero-order chi connectivity index (χ0) is 19.4. The third-order valence-corrected chi connectivity index (χ3v) is 4.33. The summed E-state index contributed by atoms with van der Waals surface area (Å²) in [5, 5.41) is 3.94. The molecule has 0 fully saturated rings. The molecule has 0 spiro atoms. The van der Waals surface area contributed by atoms with Crippen LogP contribution in [0.5, 0.6) is 11.5 Å². The molecule has 27 heavy (non-hydrogen) atoms. The molecule has 0 atom stereocenters. The zero-order valence-corrected chi connectivity index (χ0v) is 15.7. The average Bonchev–Trinajstić information content (AvgIpc) is 2.66. The third kappa shape index (κ3) is 4.06. The van der Waals surface area contributed by atoms with Crippen LogP contribution in [0.1, 0.15) is 6.92 Å². The Morgan fingerprint density at radius 3 is 2.67 bits per heavy atom. The summed E-state index contributed by atoms with van der Waals surface area (Å²) in [6.07, 6.45) is 0. The molecule has 1 heterocycles. The molecule has 0 saturated heterocycles. The van der Waals surface area contributed by atoms with E-state index in [-0.39, 0.29) is 18.1 Å². The fourth-order valence-corrected chi connectivity index (χ4v) is 3.03. The molecule has 0 aliphatic carbocycles. The molecule has 0 unspecified atom stereocenters. The first-order chi connectivity index (χ1) is 13.0. The van der Waals surface area contributed by atoms with Gasteiger partial charge in [0.2, 0.25) is 0 Å². The van der Waals surface area contributed by atoms with Crippen molar-refractivity contribution in [3.05, 3.63) is 63.9 Å². The van der Waals surface area contributed by atoms with E-state index in [4.69, 9.17) is 21.1 Å². The molecular weight excluding hydrogens is 368 g/mol. The van der Waals surface area contributed by atoms with Crippen molar-refractivity contribution in [2.45, 2.75) is 13.5 Å². The molecule has 0 aliphatic heterocycles. The Labute approximate surface area is 161 Å². The lowest BCUT2D eigenvalue weighted by Gasteiger charge is -2.14. The van der Waals surface area contributed by atoms with Crippen molar-refractivity contribution in [1.29, 1.82) is 0 Å². The van der Waals surface area contributed by atoms with Gasteiger partial charge in [0.15, 0.2) is 6.61 Å². The Balaban J connectivity index is 1.80. The molecule has 1 aromatic heterocycles. The minimum atomic E-state index is -0.390.